The van der Waals surface area contributed by atoms with Gasteiger partial charge in [-0.1, -0.05) is 13.8 Å². The smallest absolute Gasteiger partial charge is 0.220 e. The molecular weight excluding hydrogens is 246 g/mol. The molecule has 102 valence electrons. The molecular formula is C13H23N3OS. The summed E-state index contributed by atoms with van der Waals surface area (Å²) < 4.78 is 0. The van der Waals surface area contributed by atoms with Crippen LogP contribution in [0, 0.1) is 18.8 Å². The van der Waals surface area contributed by atoms with Crippen molar-refractivity contribution in [1.82, 2.24) is 10.3 Å². The molecule has 1 heterocycles. The lowest BCUT2D eigenvalue weighted by Gasteiger charge is -2.16. The van der Waals surface area contributed by atoms with Gasteiger partial charge in [0.05, 0.1) is 6.54 Å². The van der Waals surface area contributed by atoms with Crippen molar-refractivity contribution >= 4 is 17.2 Å². The third kappa shape index (κ3) is 5.60. The first kappa shape index (κ1) is 15.1. The molecule has 0 fully saturated rings. The monoisotopic (exact) mass is 269 g/mol. The molecule has 18 heavy (non-hydrogen) atoms. The average Bonchev–Trinajstić information content (AvgIpc) is 2.71. The Labute approximate surface area is 113 Å². The SMILES string of the molecule is Cc1cnc(CNC(=O)CC(CN)CC(C)C)s1. The minimum Gasteiger partial charge on any atom is -0.350 e. The molecule has 3 N–H and O–H groups in total. The molecule has 0 aromatic carbocycles. The minimum absolute atomic E-state index is 0.0685. The fraction of sp³-hybridized carbons (Fsp3) is 0.692. The number of hydrogen-bond donors (Lipinski definition) is 2. The van der Waals surface area contributed by atoms with Gasteiger partial charge in [0.1, 0.15) is 5.01 Å². The Kier molecular flexibility index (Phi) is 6.29. The van der Waals surface area contributed by atoms with Crippen LogP contribution in [0.1, 0.15) is 36.6 Å². The zero-order chi connectivity index (χ0) is 13.5. The largest absolute Gasteiger partial charge is 0.350 e. The van der Waals surface area contributed by atoms with Gasteiger partial charge in [-0.15, -0.1) is 11.3 Å². The number of hydrogen-bond acceptors (Lipinski definition) is 4. The molecule has 1 amide bonds. The molecule has 0 aliphatic rings. The summed E-state index contributed by atoms with van der Waals surface area (Å²) in [6, 6.07) is 0. The number of thiazole rings is 1. The summed E-state index contributed by atoms with van der Waals surface area (Å²) in [5.74, 6) is 0.926. The number of amides is 1. The van der Waals surface area contributed by atoms with E-state index in [0.717, 1.165) is 11.4 Å². The van der Waals surface area contributed by atoms with Crippen LogP contribution >= 0.6 is 11.3 Å². The first-order valence-corrected chi connectivity index (χ1v) is 7.21. The van der Waals surface area contributed by atoms with E-state index < -0.39 is 0 Å². The molecule has 0 bridgehead atoms. The number of nitrogens with two attached hydrogens (primary N) is 1. The maximum absolute atomic E-state index is 11.8. The highest BCUT2D eigenvalue weighted by Gasteiger charge is 2.14. The van der Waals surface area contributed by atoms with Gasteiger partial charge in [0.15, 0.2) is 0 Å². The topological polar surface area (TPSA) is 68.0 Å². The van der Waals surface area contributed by atoms with E-state index in [1.807, 2.05) is 13.1 Å². The van der Waals surface area contributed by atoms with Crippen LogP contribution < -0.4 is 11.1 Å². The minimum atomic E-state index is 0.0685. The molecule has 0 radical (unpaired) electrons. The Morgan fingerprint density at radius 2 is 2.28 bits per heavy atom. The second kappa shape index (κ2) is 7.48. The predicted molar refractivity (Wildman–Crippen MR) is 75.3 cm³/mol. The lowest BCUT2D eigenvalue weighted by Crippen LogP contribution is -2.28. The van der Waals surface area contributed by atoms with Crippen LogP contribution in [0.4, 0.5) is 0 Å². The second-order valence-corrected chi connectivity index (χ2v) is 6.40. The summed E-state index contributed by atoms with van der Waals surface area (Å²) in [6.07, 6.45) is 3.34. The Bertz CT molecular complexity index is 376. The lowest BCUT2D eigenvalue weighted by atomic mass is 9.94. The zero-order valence-electron chi connectivity index (χ0n) is 11.4. The van der Waals surface area contributed by atoms with Crippen molar-refractivity contribution < 1.29 is 4.79 Å². The van der Waals surface area contributed by atoms with Crippen LogP contribution in [0.15, 0.2) is 6.20 Å². The number of nitrogens with one attached hydrogen (secondary N) is 1. The van der Waals surface area contributed by atoms with Crippen LogP contribution in [0.3, 0.4) is 0 Å². The molecule has 1 aromatic heterocycles. The normalized spacial score (nSPS) is 12.7. The quantitative estimate of drug-likeness (QED) is 0.796. The van der Waals surface area contributed by atoms with Gasteiger partial charge < -0.3 is 11.1 Å². The van der Waals surface area contributed by atoms with Gasteiger partial charge >= 0.3 is 0 Å². The fourth-order valence-electron chi connectivity index (χ4n) is 1.92. The molecule has 4 nitrogen and oxygen atoms in total. The summed E-state index contributed by atoms with van der Waals surface area (Å²) >= 11 is 1.61. The molecule has 0 saturated carbocycles. The summed E-state index contributed by atoms with van der Waals surface area (Å²) in [7, 11) is 0. The first-order valence-electron chi connectivity index (χ1n) is 6.39. The summed E-state index contributed by atoms with van der Waals surface area (Å²) in [4.78, 5) is 17.2. The van der Waals surface area contributed by atoms with E-state index in [4.69, 9.17) is 5.73 Å². The van der Waals surface area contributed by atoms with E-state index in [9.17, 15) is 4.79 Å². The molecule has 1 rings (SSSR count). The molecule has 5 heteroatoms. The van der Waals surface area contributed by atoms with E-state index in [2.05, 4.69) is 24.1 Å². The van der Waals surface area contributed by atoms with Crippen molar-refractivity contribution in [3.05, 3.63) is 16.1 Å². The lowest BCUT2D eigenvalue weighted by molar-refractivity contribution is -0.122. The van der Waals surface area contributed by atoms with Crippen LogP contribution in [-0.4, -0.2) is 17.4 Å². The highest BCUT2D eigenvalue weighted by Crippen LogP contribution is 2.14. The van der Waals surface area contributed by atoms with Crippen LogP contribution in [0.2, 0.25) is 0 Å². The van der Waals surface area contributed by atoms with Crippen molar-refractivity contribution in [2.45, 2.75) is 40.2 Å². The highest BCUT2D eigenvalue weighted by atomic mass is 32.1. The number of carbonyl (C=O) groups is 1. The summed E-state index contributed by atoms with van der Waals surface area (Å²) in [5.41, 5.74) is 5.69. The van der Waals surface area contributed by atoms with Crippen molar-refractivity contribution in [2.24, 2.45) is 17.6 Å². The molecule has 1 unspecified atom stereocenters. The van der Waals surface area contributed by atoms with Crippen LogP contribution in [0.5, 0.6) is 0 Å². The molecule has 0 saturated heterocycles. The maximum Gasteiger partial charge on any atom is 0.220 e. The second-order valence-electron chi connectivity index (χ2n) is 5.08. The van der Waals surface area contributed by atoms with Crippen LogP contribution in [0.25, 0.3) is 0 Å². The van der Waals surface area contributed by atoms with Crippen molar-refractivity contribution in [3.8, 4) is 0 Å². The number of nitrogens with zero attached hydrogens (tertiary/aromatic N) is 1. The Hall–Kier alpha value is -0.940. The number of carbonyl (C=O) groups excluding carboxylic acids is 1. The van der Waals surface area contributed by atoms with E-state index in [-0.39, 0.29) is 11.8 Å². The van der Waals surface area contributed by atoms with Gasteiger partial charge in [-0.25, -0.2) is 4.98 Å². The molecule has 0 aliphatic heterocycles. The Balaban J connectivity index is 2.32. The third-order valence-corrected chi connectivity index (χ3v) is 3.63. The van der Waals surface area contributed by atoms with E-state index >= 15 is 0 Å². The maximum atomic E-state index is 11.8. The first-order chi connectivity index (χ1) is 8.51. The zero-order valence-corrected chi connectivity index (χ0v) is 12.2. The number of aromatic nitrogens is 1. The van der Waals surface area contributed by atoms with Gasteiger partial charge in [-0.2, -0.15) is 0 Å². The van der Waals surface area contributed by atoms with Gasteiger partial charge in [0.25, 0.3) is 0 Å². The summed E-state index contributed by atoms with van der Waals surface area (Å²) in [5, 5.41) is 3.86. The number of aryl methyl sites for hydroxylation is 1. The molecule has 1 atom stereocenters. The van der Waals surface area contributed by atoms with Crippen molar-refractivity contribution in [2.75, 3.05) is 6.54 Å². The Morgan fingerprint density at radius 1 is 1.56 bits per heavy atom. The molecule has 0 aliphatic carbocycles. The van der Waals surface area contributed by atoms with Crippen LogP contribution in [-0.2, 0) is 11.3 Å². The van der Waals surface area contributed by atoms with Gasteiger partial charge in [0.2, 0.25) is 5.91 Å². The van der Waals surface area contributed by atoms with Gasteiger partial charge in [0, 0.05) is 17.5 Å². The molecule has 0 spiro atoms. The fourth-order valence-corrected chi connectivity index (χ4v) is 2.65. The average molecular weight is 269 g/mol. The van der Waals surface area contributed by atoms with E-state index in [1.54, 1.807) is 11.3 Å². The van der Waals surface area contributed by atoms with E-state index in [0.29, 0.717) is 25.4 Å². The van der Waals surface area contributed by atoms with E-state index in [1.165, 1.54) is 4.88 Å². The van der Waals surface area contributed by atoms with Gasteiger partial charge in [-0.3, -0.25) is 4.79 Å². The third-order valence-electron chi connectivity index (χ3n) is 2.72. The number of rotatable bonds is 7. The summed E-state index contributed by atoms with van der Waals surface area (Å²) in [6.45, 7) is 7.41. The van der Waals surface area contributed by atoms with Crippen molar-refractivity contribution in [3.63, 3.8) is 0 Å². The Morgan fingerprint density at radius 3 is 2.78 bits per heavy atom. The van der Waals surface area contributed by atoms with Crippen molar-refractivity contribution in [1.29, 1.82) is 0 Å². The standard InChI is InChI=1S/C13H23N3OS/c1-9(2)4-11(6-14)5-12(17)15-8-13-16-7-10(3)18-13/h7,9,11H,4-6,8,14H2,1-3H3,(H,15,17). The predicted octanol–water partition coefficient (Wildman–Crippen LogP) is 2.08. The van der Waals surface area contributed by atoms with Gasteiger partial charge in [-0.05, 0) is 31.7 Å². The highest BCUT2D eigenvalue weighted by molar-refractivity contribution is 7.11. The molecule has 1 aromatic rings.